The Kier molecular flexibility index (Phi) is 7.00. The number of phenolic OH excluding ortho intramolecular Hbond substituents is 2. The lowest BCUT2D eigenvalue weighted by Crippen LogP contribution is -2.33. The van der Waals surface area contributed by atoms with Crippen LogP contribution in [0.15, 0.2) is 60.7 Å². The number of hydrogen-bond donors (Lipinski definition) is 4. The largest absolute Gasteiger partial charge is 0.508 e. The molecule has 0 aromatic heterocycles. The maximum Gasteiger partial charge on any atom is 0.244 e. The number of hydrogen-bond acceptors (Lipinski definition) is 4. The first-order valence-corrected chi connectivity index (χ1v) is 8.03. The normalized spacial score (nSPS) is 10.9. The van der Waals surface area contributed by atoms with Crippen LogP contribution in [0, 0.1) is 0 Å². The molecule has 6 nitrogen and oxygen atoms in total. The summed E-state index contributed by atoms with van der Waals surface area (Å²) in [6, 6.07) is 13.1. The van der Waals surface area contributed by atoms with Gasteiger partial charge in [0.05, 0.1) is 0 Å². The lowest BCUT2D eigenvalue weighted by molar-refractivity contribution is -0.118. The van der Waals surface area contributed by atoms with Crippen molar-refractivity contribution in [1.29, 1.82) is 0 Å². The lowest BCUT2D eigenvalue weighted by atomic mass is 10.2. The fourth-order valence-corrected chi connectivity index (χ4v) is 2.09. The third-order valence-corrected chi connectivity index (χ3v) is 3.32. The number of carbonyl (C=O) groups excluding carboxylic acids is 2. The first-order chi connectivity index (χ1) is 12.5. The van der Waals surface area contributed by atoms with Crippen LogP contribution >= 0.6 is 0 Å². The number of rotatable bonds is 7. The zero-order valence-electron chi connectivity index (χ0n) is 14.1. The van der Waals surface area contributed by atoms with Crippen LogP contribution in [0.1, 0.15) is 11.1 Å². The number of carbonyl (C=O) groups is 2. The van der Waals surface area contributed by atoms with Crippen LogP contribution in [0.5, 0.6) is 11.5 Å². The third kappa shape index (κ3) is 6.92. The number of benzene rings is 2. The summed E-state index contributed by atoms with van der Waals surface area (Å²) >= 11 is 0. The summed E-state index contributed by atoms with van der Waals surface area (Å²) in [4.78, 5) is 23.4. The zero-order valence-corrected chi connectivity index (χ0v) is 14.1. The van der Waals surface area contributed by atoms with Crippen molar-refractivity contribution in [3.8, 4) is 11.5 Å². The fourth-order valence-electron chi connectivity index (χ4n) is 2.09. The number of aromatic hydroxyl groups is 2. The van der Waals surface area contributed by atoms with Gasteiger partial charge in [-0.3, -0.25) is 9.59 Å². The van der Waals surface area contributed by atoms with E-state index in [9.17, 15) is 19.8 Å². The predicted molar refractivity (Wildman–Crippen MR) is 100 cm³/mol. The van der Waals surface area contributed by atoms with Crippen LogP contribution in [0.3, 0.4) is 0 Å². The minimum atomic E-state index is -0.294. The van der Waals surface area contributed by atoms with Crippen molar-refractivity contribution in [2.75, 3.05) is 13.1 Å². The molecule has 0 bridgehead atoms. The van der Waals surface area contributed by atoms with E-state index in [2.05, 4.69) is 10.6 Å². The van der Waals surface area contributed by atoms with Crippen molar-refractivity contribution >= 4 is 24.0 Å². The first kappa shape index (κ1) is 18.8. The van der Waals surface area contributed by atoms with Gasteiger partial charge >= 0.3 is 0 Å². The standard InChI is InChI=1S/C20H20N2O4/c23-17-5-1-3-15(13-17)7-9-19(25)21-11-12-22-20(26)10-8-16-4-2-6-18(24)14-16/h1-10,13-14,23-24H,11-12H2,(H,21,25)(H,22,26)/b9-7+,10-8+. The average Bonchev–Trinajstić information content (AvgIpc) is 2.62. The molecule has 4 N–H and O–H groups in total. The van der Waals surface area contributed by atoms with E-state index in [0.29, 0.717) is 11.1 Å². The highest BCUT2D eigenvalue weighted by molar-refractivity contribution is 5.92. The molecule has 26 heavy (non-hydrogen) atoms. The van der Waals surface area contributed by atoms with Gasteiger partial charge in [-0.2, -0.15) is 0 Å². The van der Waals surface area contributed by atoms with Gasteiger partial charge in [-0.15, -0.1) is 0 Å². The number of nitrogens with one attached hydrogen (secondary N) is 2. The molecule has 0 saturated carbocycles. The van der Waals surface area contributed by atoms with Gasteiger partial charge in [0.15, 0.2) is 0 Å². The summed E-state index contributed by atoms with van der Waals surface area (Å²) in [6.07, 6.45) is 5.90. The monoisotopic (exact) mass is 352 g/mol. The maximum absolute atomic E-state index is 11.7. The summed E-state index contributed by atoms with van der Waals surface area (Å²) in [7, 11) is 0. The molecule has 0 saturated heterocycles. The topological polar surface area (TPSA) is 98.7 Å². The zero-order chi connectivity index (χ0) is 18.8. The maximum atomic E-state index is 11.7. The molecule has 0 aliphatic heterocycles. The highest BCUT2D eigenvalue weighted by Gasteiger charge is 1.98. The van der Waals surface area contributed by atoms with Crippen molar-refractivity contribution in [1.82, 2.24) is 10.6 Å². The highest BCUT2D eigenvalue weighted by Crippen LogP contribution is 2.12. The second-order valence-electron chi connectivity index (χ2n) is 5.44. The van der Waals surface area contributed by atoms with Gasteiger partial charge in [-0.25, -0.2) is 0 Å². The van der Waals surface area contributed by atoms with Crippen molar-refractivity contribution in [3.63, 3.8) is 0 Å². The van der Waals surface area contributed by atoms with Crippen LogP contribution in [0.25, 0.3) is 12.2 Å². The molecule has 0 aliphatic carbocycles. The molecule has 0 spiro atoms. The van der Waals surface area contributed by atoms with Crippen molar-refractivity contribution in [2.45, 2.75) is 0 Å². The lowest BCUT2D eigenvalue weighted by Gasteiger charge is -2.03. The molecule has 134 valence electrons. The molecule has 0 heterocycles. The van der Waals surface area contributed by atoms with Crippen LogP contribution < -0.4 is 10.6 Å². The van der Waals surface area contributed by atoms with E-state index < -0.39 is 0 Å². The van der Waals surface area contributed by atoms with E-state index in [1.807, 2.05) is 0 Å². The molecule has 0 unspecified atom stereocenters. The molecule has 0 aliphatic rings. The van der Waals surface area contributed by atoms with Gasteiger partial charge in [0, 0.05) is 25.2 Å². The van der Waals surface area contributed by atoms with Gasteiger partial charge in [-0.05, 0) is 47.5 Å². The molecule has 2 rings (SSSR count). The summed E-state index contributed by atoms with van der Waals surface area (Å²) in [6.45, 7) is 0.573. The molecule has 0 fully saturated rings. The average molecular weight is 352 g/mol. The van der Waals surface area contributed by atoms with Crippen molar-refractivity contribution in [2.24, 2.45) is 0 Å². The Hall–Kier alpha value is -3.54. The molecule has 2 aromatic rings. The second kappa shape index (κ2) is 9.68. The van der Waals surface area contributed by atoms with E-state index in [4.69, 9.17) is 0 Å². The van der Waals surface area contributed by atoms with Crippen LogP contribution in [-0.2, 0) is 9.59 Å². The Morgan fingerprint density at radius 1 is 0.769 bits per heavy atom. The first-order valence-electron chi connectivity index (χ1n) is 8.03. The Bertz CT molecular complexity index is 759. The molecule has 6 heteroatoms. The Labute approximate surface area is 151 Å². The van der Waals surface area contributed by atoms with Gasteiger partial charge in [-0.1, -0.05) is 24.3 Å². The molecule has 2 aromatic carbocycles. The Morgan fingerprint density at radius 3 is 1.58 bits per heavy atom. The van der Waals surface area contributed by atoms with E-state index in [1.54, 1.807) is 60.7 Å². The number of amides is 2. The van der Waals surface area contributed by atoms with Crippen LogP contribution in [0.4, 0.5) is 0 Å². The smallest absolute Gasteiger partial charge is 0.244 e. The third-order valence-electron chi connectivity index (χ3n) is 3.32. The summed E-state index contributed by atoms with van der Waals surface area (Å²) in [5.41, 5.74) is 1.43. The van der Waals surface area contributed by atoms with E-state index >= 15 is 0 Å². The summed E-state index contributed by atoms with van der Waals surface area (Å²) in [5.74, 6) is -0.320. The summed E-state index contributed by atoms with van der Waals surface area (Å²) in [5, 5.41) is 24.0. The van der Waals surface area contributed by atoms with Crippen molar-refractivity contribution < 1.29 is 19.8 Å². The van der Waals surface area contributed by atoms with Gasteiger partial charge in [0.25, 0.3) is 0 Å². The molecular formula is C20H20N2O4. The Balaban J connectivity index is 1.67. The molecular weight excluding hydrogens is 332 g/mol. The summed E-state index contributed by atoms with van der Waals surface area (Å²) < 4.78 is 0. The van der Waals surface area contributed by atoms with Gasteiger partial charge in [0.1, 0.15) is 11.5 Å². The number of phenols is 2. The van der Waals surface area contributed by atoms with Crippen LogP contribution in [-0.4, -0.2) is 35.1 Å². The second-order valence-corrected chi connectivity index (χ2v) is 5.44. The quantitative estimate of drug-likeness (QED) is 0.453. The molecule has 0 radical (unpaired) electrons. The SMILES string of the molecule is O=C(/C=C/c1cccc(O)c1)NCCNC(=O)/C=C/c1cccc(O)c1. The van der Waals surface area contributed by atoms with E-state index in [0.717, 1.165) is 0 Å². The predicted octanol–water partition coefficient (Wildman–Crippen LogP) is 2.06. The van der Waals surface area contributed by atoms with Gasteiger partial charge < -0.3 is 20.8 Å². The minimum Gasteiger partial charge on any atom is -0.508 e. The molecule has 0 atom stereocenters. The van der Waals surface area contributed by atoms with Gasteiger partial charge in [0.2, 0.25) is 11.8 Å². The minimum absolute atomic E-state index is 0.133. The fraction of sp³-hybridized carbons (Fsp3) is 0.100. The van der Waals surface area contributed by atoms with Crippen LogP contribution in [0.2, 0.25) is 0 Å². The highest BCUT2D eigenvalue weighted by atomic mass is 16.3. The molecule has 2 amide bonds. The van der Waals surface area contributed by atoms with E-state index in [-0.39, 0.29) is 36.4 Å². The Morgan fingerprint density at radius 2 is 1.19 bits per heavy atom. The van der Waals surface area contributed by atoms with Crippen molar-refractivity contribution in [3.05, 3.63) is 71.8 Å². The van der Waals surface area contributed by atoms with E-state index in [1.165, 1.54) is 12.2 Å².